The lowest BCUT2D eigenvalue weighted by Gasteiger charge is -2.23. The topological polar surface area (TPSA) is 55.8 Å². The molecule has 0 aliphatic heterocycles. The fourth-order valence-corrected chi connectivity index (χ4v) is 1.55. The van der Waals surface area contributed by atoms with Crippen LogP contribution in [0, 0.1) is 6.92 Å². The number of benzene rings is 1. The van der Waals surface area contributed by atoms with E-state index in [-0.39, 0.29) is 6.61 Å². The zero-order valence-corrected chi connectivity index (χ0v) is 11.3. The Balaban J connectivity index is 2.83. The van der Waals surface area contributed by atoms with E-state index >= 15 is 0 Å². The van der Waals surface area contributed by atoms with Crippen molar-refractivity contribution in [3.8, 4) is 5.75 Å². The van der Waals surface area contributed by atoms with Crippen LogP contribution in [0.4, 0.5) is 0 Å². The molecule has 0 amide bonds. The van der Waals surface area contributed by atoms with Crippen LogP contribution in [-0.4, -0.2) is 24.8 Å². The number of esters is 1. The van der Waals surface area contributed by atoms with Gasteiger partial charge in [0.25, 0.3) is 0 Å². The third-order valence-corrected chi connectivity index (χ3v) is 3.06. The van der Waals surface area contributed by atoms with Gasteiger partial charge in [-0.25, -0.2) is 4.79 Å². The van der Waals surface area contributed by atoms with Crippen molar-refractivity contribution in [2.45, 2.75) is 32.8 Å². The van der Waals surface area contributed by atoms with Gasteiger partial charge in [0.05, 0.1) is 12.7 Å². The van der Waals surface area contributed by atoms with Gasteiger partial charge < -0.3 is 14.6 Å². The smallest absolute Gasteiger partial charge is 0.343 e. The Morgan fingerprint density at radius 2 is 2.11 bits per heavy atom. The first-order chi connectivity index (χ1) is 8.40. The monoisotopic (exact) mass is 252 g/mol. The molecule has 1 aromatic rings. The van der Waals surface area contributed by atoms with Crippen LogP contribution >= 0.6 is 0 Å². The second-order valence-corrected chi connectivity index (χ2v) is 4.47. The Morgan fingerprint density at radius 1 is 1.44 bits per heavy atom. The average molecular weight is 252 g/mol. The van der Waals surface area contributed by atoms with E-state index in [0.717, 1.165) is 11.1 Å². The summed E-state index contributed by atoms with van der Waals surface area (Å²) in [5.41, 5.74) is 0.879. The quantitative estimate of drug-likeness (QED) is 0.816. The number of rotatable bonds is 5. The molecule has 0 saturated carbocycles. The summed E-state index contributed by atoms with van der Waals surface area (Å²) in [6, 6.07) is 5.44. The zero-order valence-electron chi connectivity index (χ0n) is 11.3. The molecule has 0 aliphatic carbocycles. The second-order valence-electron chi connectivity index (χ2n) is 4.47. The van der Waals surface area contributed by atoms with E-state index in [0.29, 0.717) is 12.2 Å². The number of carbonyl (C=O) groups excluding carboxylic acids is 1. The summed E-state index contributed by atoms with van der Waals surface area (Å²) in [6.45, 7) is 5.47. The highest BCUT2D eigenvalue weighted by Crippen LogP contribution is 2.28. The third-order valence-electron chi connectivity index (χ3n) is 3.06. The van der Waals surface area contributed by atoms with Crippen LogP contribution in [-0.2, 0) is 15.1 Å². The summed E-state index contributed by atoms with van der Waals surface area (Å²) < 4.78 is 9.84. The van der Waals surface area contributed by atoms with Crippen molar-refractivity contribution >= 4 is 5.97 Å². The first-order valence-corrected chi connectivity index (χ1v) is 5.94. The summed E-state index contributed by atoms with van der Waals surface area (Å²) in [7, 11) is 1.32. The molecule has 4 heteroatoms. The molecule has 0 radical (unpaired) electrons. The molecule has 0 bridgehead atoms. The second kappa shape index (κ2) is 5.87. The molecule has 1 rings (SSSR count). The molecular formula is C14H20O4. The maximum absolute atomic E-state index is 11.0. The minimum atomic E-state index is -0.842. The number of ether oxygens (including phenoxy) is 2. The molecule has 4 nitrogen and oxygen atoms in total. The third kappa shape index (κ3) is 3.47. The SMILES string of the molecule is CCC(C)(O)c1ccc(OCC(=O)OC)c(C)c1. The van der Waals surface area contributed by atoms with Crippen molar-refractivity contribution in [2.75, 3.05) is 13.7 Å². The molecule has 0 spiro atoms. The van der Waals surface area contributed by atoms with Crippen LogP contribution in [0.3, 0.4) is 0 Å². The average Bonchev–Trinajstić information content (AvgIpc) is 2.36. The zero-order chi connectivity index (χ0) is 13.8. The summed E-state index contributed by atoms with van der Waals surface area (Å²) in [6.07, 6.45) is 0.634. The van der Waals surface area contributed by atoms with Crippen molar-refractivity contribution in [1.82, 2.24) is 0 Å². The van der Waals surface area contributed by atoms with E-state index in [2.05, 4.69) is 4.74 Å². The standard InChI is InChI=1S/C14H20O4/c1-5-14(3,16)11-6-7-12(10(2)8-11)18-9-13(15)17-4/h6-8,16H,5,9H2,1-4H3. The highest BCUT2D eigenvalue weighted by Gasteiger charge is 2.21. The van der Waals surface area contributed by atoms with Gasteiger partial charge in [0, 0.05) is 0 Å². The molecule has 1 aromatic carbocycles. The molecule has 0 aliphatic rings. The molecule has 0 heterocycles. The molecule has 100 valence electrons. The predicted octanol–water partition coefficient (Wildman–Crippen LogP) is 2.16. The molecule has 0 saturated heterocycles. The van der Waals surface area contributed by atoms with Crippen LogP contribution in [0.15, 0.2) is 18.2 Å². The van der Waals surface area contributed by atoms with E-state index in [4.69, 9.17) is 4.74 Å². The van der Waals surface area contributed by atoms with Crippen molar-refractivity contribution < 1.29 is 19.4 Å². The summed E-state index contributed by atoms with van der Waals surface area (Å²) >= 11 is 0. The largest absolute Gasteiger partial charge is 0.482 e. The Kier molecular flexibility index (Phi) is 4.73. The van der Waals surface area contributed by atoms with Gasteiger partial charge in [-0.3, -0.25) is 0 Å². The van der Waals surface area contributed by atoms with Gasteiger partial charge in [-0.1, -0.05) is 13.0 Å². The minimum absolute atomic E-state index is 0.110. The summed E-state index contributed by atoms with van der Waals surface area (Å²) in [4.78, 5) is 11.0. The number of aliphatic hydroxyl groups is 1. The predicted molar refractivity (Wildman–Crippen MR) is 68.6 cm³/mol. The van der Waals surface area contributed by atoms with Crippen molar-refractivity contribution in [1.29, 1.82) is 0 Å². The Bertz CT molecular complexity index is 424. The molecule has 1 atom stereocenters. The van der Waals surface area contributed by atoms with Crippen molar-refractivity contribution in [3.63, 3.8) is 0 Å². The Hall–Kier alpha value is -1.55. The van der Waals surface area contributed by atoms with Crippen molar-refractivity contribution in [2.24, 2.45) is 0 Å². The van der Waals surface area contributed by atoms with Gasteiger partial charge in [-0.05, 0) is 43.5 Å². The first-order valence-electron chi connectivity index (χ1n) is 5.94. The van der Waals surface area contributed by atoms with E-state index in [1.165, 1.54) is 7.11 Å². The van der Waals surface area contributed by atoms with Gasteiger partial charge in [0.15, 0.2) is 6.61 Å². The van der Waals surface area contributed by atoms with E-state index in [1.807, 2.05) is 26.0 Å². The molecule has 1 unspecified atom stereocenters. The molecule has 0 fully saturated rings. The van der Waals surface area contributed by atoms with E-state index < -0.39 is 11.6 Å². The molecular weight excluding hydrogens is 232 g/mol. The van der Waals surface area contributed by atoms with Gasteiger partial charge in [-0.2, -0.15) is 0 Å². The van der Waals surface area contributed by atoms with Gasteiger partial charge in [0.2, 0.25) is 0 Å². The first kappa shape index (κ1) is 14.5. The van der Waals surface area contributed by atoms with E-state index in [1.54, 1.807) is 13.0 Å². The number of carbonyl (C=O) groups is 1. The summed E-state index contributed by atoms with van der Waals surface area (Å²) in [5.74, 6) is 0.204. The number of methoxy groups -OCH3 is 1. The lowest BCUT2D eigenvalue weighted by atomic mass is 9.92. The molecule has 1 N–H and O–H groups in total. The van der Waals surface area contributed by atoms with Crippen LogP contribution < -0.4 is 4.74 Å². The minimum Gasteiger partial charge on any atom is -0.482 e. The Labute approximate surface area is 108 Å². The number of hydrogen-bond acceptors (Lipinski definition) is 4. The fourth-order valence-electron chi connectivity index (χ4n) is 1.55. The van der Waals surface area contributed by atoms with Crippen LogP contribution in [0.1, 0.15) is 31.4 Å². The lowest BCUT2D eigenvalue weighted by Crippen LogP contribution is -2.20. The van der Waals surface area contributed by atoms with Crippen LogP contribution in [0.2, 0.25) is 0 Å². The number of hydrogen-bond donors (Lipinski definition) is 1. The van der Waals surface area contributed by atoms with Gasteiger partial charge in [0.1, 0.15) is 5.75 Å². The maximum atomic E-state index is 11.0. The van der Waals surface area contributed by atoms with Crippen LogP contribution in [0.25, 0.3) is 0 Å². The highest BCUT2D eigenvalue weighted by atomic mass is 16.6. The Morgan fingerprint density at radius 3 is 2.61 bits per heavy atom. The normalized spacial score (nSPS) is 13.8. The number of aryl methyl sites for hydroxylation is 1. The molecule has 18 heavy (non-hydrogen) atoms. The lowest BCUT2D eigenvalue weighted by molar-refractivity contribution is -0.142. The maximum Gasteiger partial charge on any atom is 0.343 e. The summed E-state index contributed by atoms with van der Waals surface area (Å²) in [5, 5.41) is 10.2. The van der Waals surface area contributed by atoms with Crippen molar-refractivity contribution in [3.05, 3.63) is 29.3 Å². The molecule has 0 aromatic heterocycles. The van der Waals surface area contributed by atoms with E-state index in [9.17, 15) is 9.90 Å². The van der Waals surface area contributed by atoms with Crippen LogP contribution in [0.5, 0.6) is 5.75 Å². The highest BCUT2D eigenvalue weighted by molar-refractivity contribution is 5.70. The van der Waals surface area contributed by atoms with Gasteiger partial charge in [-0.15, -0.1) is 0 Å². The van der Waals surface area contributed by atoms with Gasteiger partial charge >= 0.3 is 5.97 Å². The fraction of sp³-hybridized carbons (Fsp3) is 0.500.